The van der Waals surface area contributed by atoms with Crippen LogP contribution in [0.3, 0.4) is 0 Å². The summed E-state index contributed by atoms with van der Waals surface area (Å²) in [4.78, 5) is 0. The smallest absolute Gasteiger partial charge is 0.123 e. The van der Waals surface area contributed by atoms with Crippen molar-refractivity contribution in [2.24, 2.45) is 0 Å². The van der Waals surface area contributed by atoms with Crippen LogP contribution >= 0.6 is 11.6 Å². The molecule has 0 unspecified atom stereocenters. The van der Waals surface area contributed by atoms with Crippen LogP contribution in [0.4, 0.5) is 4.39 Å². The van der Waals surface area contributed by atoms with Crippen molar-refractivity contribution in [3.8, 4) is 11.1 Å². The van der Waals surface area contributed by atoms with Gasteiger partial charge in [-0.05, 0) is 64.6 Å². The Hall–Kier alpha value is -1.93. The molecule has 1 aliphatic rings. The number of rotatable bonds is 2. The summed E-state index contributed by atoms with van der Waals surface area (Å²) in [6.07, 6.45) is 3.23. The first-order valence-corrected chi connectivity index (χ1v) is 7.59. The number of fused-ring (bicyclic) bond motifs is 3. The monoisotopic (exact) mass is 313 g/mol. The van der Waals surface area contributed by atoms with Crippen LogP contribution in [-0.4, -0.2) is 6.21 Å². The Balaban J connectivity index is 2.44. The van der Waals surface area contributed by atoms with Crippen LogP contribution in [0.5, 0.6) is 0 Å². The van der Waals surface area contributed by atoms with Gasteiger partial charge in [-0.1, -0.05) is 37.6 Å². The zero-order valence-electron chi connectivity index (χ0n) is 12.8. The second-order valence-electron chi connectivity index (χ2n) is 6.08. The van der Waals surface area contributed by atoms with Gasteiger partial charge in [-0.25, -0.2) is 4.39 Å². The van der Waals surface area contributed by atoms with E-state index in [1.165, 1.54) is 12.3 Å². The van der Waals surface area contributed by atoms with Gasteiger partial charge >= 0.3 is 0 Å². The minimum atomic E-state index is -0.312. The number of hydrogen-bond donors (Lipinski definition) is 1. The lowest BCUT2D eigenvalue weighted by atomic mass is 9.82. The molecular weight excluding hydrogens is 297 g/mol. The van der Waals surface area contributed by atoms with Crippen LogP contribution in [0.25, 0.3) is 16.7 Å². The van der Waals surface area contributed by atoms with Gasteiger partial charge in [0.2, 0.25) is 0 Å². The van der Waals surface area contributed by atoms with Gasteiger partial charge in [-0.3, -0.25) is 0 Å². The van der Waals surface area contributed by atoms with Crippen molar-refractivity contribution in [1.29, 1.82) is 5.41 Å². The van der Waals surface area contributed by atoms with E-state index in [-0.39, 0.29) is 11.2 Å². The van der Waals surface area contributed by atoms with E-state index in [2.05, 4.69) is 13.8 Å². The molecule has 0 spiro atoms. The second kappa shape index (κ2) is 5.06. The molecule has 112 valence electrons. The van der Waals surface area contributed by atoms with Crippen LogP contribution in [0.1, 0.15) is 37.5 Å². The van der Waals surface area contributed by atoms with Crippen molar-refractivity contribution in [1.82, 2.24) is 0 Å². The first-order chi connectivity index (χ1) is 10.4. The third-order valence-corrected chi connectivity index (χ3v) is 4.70. The van der Waals surface area contributed by atoms with Gasteiger partial charge < -0.3 is 5.41 Å². The van der Waals surface area contributed by atoms with Crippen LogP contribution < -0.4 is 0 Å². The number of benzene rings is 2. The molecule has 3 rings (SSSR count). The molecule has 0 radical (unpaired) electrons. The highest BCUT2D eigenvalue weighted by Crippen LogP contribution is 2.52. The van der Waals surface area contributed by atoms with Crippen LogP contribution in [-0.2, 0) is 5.41 Å². The van der Waals surface area contributed by atoms with Gasteiger partial charge in [-0.15, -0.1) is 0 Å². The Morgan fingerprint density at radius 1 is 1.18 bits per heavy atom. The second-order valence-corrected chi connectivity index (χ2v) is 6.52. The van der Waals surface area contributed by atoms with Crippen molar-refractivity contribution >= 4 is 23.4 Å². The largest absolute Gasteiger partial charge is 0.308 e. The molecule has 22 heavy (non-hydrogen) atoms. The van der Waals surface area contributed by atoms with E-state index >= 15 is 0 Å². The Morgan fingerprint density at radius 3 is 2.55 bits per heavy atom. The van der Waals surface area contributed by atoms with E-state index in [0.717, 1.165) is 33.4 Å². The van der Waals surface area contributed by atoms with Crippen molar-refractivity contribution in [3.63, 3.8) is 0 Å². The maximum absolute atomic E-state index is 13.7. The molecular formula is C19H17ClFN. The van der Waals surface area contributed by atoms with Gasteiger partial charge in [0.15, 0.2) is 0 Å². The summed E-state index contributed by atoms with van der Waals surface area (Å²) < 4.78 is 13.7. The van der Waals surface area contributed by atoms with E-state index in [1.54, 1.807) is 6.07 Å². The fraction of sp³-hybridized carbons (Fsp3) is 0.211. The zero-order valence-corrected chi connectivity index (χ0v) is 13.6. The summed E-state index contributed by atoms with van der Waals surface area (Å²) in [5.74, 6) is -0.231. The highest BCUT2D eigenvalue weighted by atomic mass is 35.5. The first kappa shape index (κ1) is 15.0. The Kier molecular flexibility index (Phi) is 3.45. The fourth-order valence-electron chi connectivity index (χ4n) is 3.33. The molecule has 0 heterocycles. The molecule has 0 atom stereocenters. The third-order valence-electron chi connectivity index (χ3n) is 4.48. The minimum Gasteiger partial charge on any atom is -0.308 e. The van der Waals surface area contributed by atoms with E-state index in [9.17, 15) is 4.39 Å². The number of nitrogens with one attached hydrogen (secondary N) is 1. The molecule has 0 aromatic heterocycles. The number of allylic oxidation sites excluding steroid dienone is 2. The van der Waals surface area contributed by atoms with Gasteiger partial charge in [0.05, 0.1) is 0 Å². The van der Waals surface area contributed by atoms with Gasteiger partial charge in [-0.2, -0.15) is 0 Å². The summed E-state index contributed by atoms with van der Waals surface area (Å²) >= 11 is 6.31. The molecule has 1 aliphatic carbocycles. The highest BCUT2D eigenvalue weighted by molar-refractivity contribution is 6.31. The third kappa shape index (κ3) is 2.02. The summed E-state index contributed by atoms with van der Waals surface area (Å²) in [6, 6.07) is 8.76. The molecule has 0 bridgehead atoms. The van der Waals surface area contributed by atoms with Crippen molar-refractivity contribution in [2.75, 3.05) is 0 Å². The maximum Gasteiger partial charge on any atom is 0.123 e. The van der Waals surface area contributed by atoms with Crippen molar-refractivity contribution < 1.29 is 4.39 Å². The van der Waals surface area contributed by atoms with Crippen molar-refractivity contribution in [2.45, 2.75) is 26.2 Å². The van der Waals surface area contributed by atoms with Gasteiger partial charge in [0, 0.05) is 16.7 Å². The summed E-state index contributed by atoms with van der Waals surface area (Å²) in [5, 5.41) is 8.29. The average Bonchev–Trinajstić information content (AvgIpc) is 2.69. The predicted octanol–water partition coefficient (Wildman–Crippen LogP) is 5.84. The molecule has 0 saturated heterocycles. The van der Waals surface area contributed by atoms with Gasteiger partial charge in [0.25, 0.3) is 0 Å². The molecule has 3 heteroatoms. The molecule has 0 saturated carbocycles. The maximum atomic E-state index is 13.7. The van der Waals surface area contributed by atoms with E-state index < -0.39 is 0 Å². The quantitative estimate of drug-likeness (QED) is 0.674. The SMILES string of the molecule is C/C=C(\C=N)c1cc(Cl)cc2c1-c1ccc(F)cc1C2(C)C. The van der Waals surface area contributed by atoms with E-state index in [4.69, 9.17) is 17.0 Å². The number of hydrogen-bond acceptors (Lipinski definition) is 1. The normalized spacial score (nSPS) is 15.4. The average molecular weight is 314 g/mol. The van der Waals surface area contributed by atoms with E-state index in [1.807, 2.05) is 31.2 Å². The van der Waals surface area contributed by atoms with Crippen LogP contribution in [0.15, 0.2) is 36.4 Å². The Labute approximate surface area is 135 Å². The molecule has 0 fully saturated rings. The fourth-order valence-corrected chi connectivity index (χ4v) is 3.55. The minimum absolute atomic E-state index is 0.231. The standard InChI is InChI=1S/C19H17ClFN/c1-4-11(10-22)15-7-12(20)8-17-18(15)14-6-5-13(21)9-16(14)19(17,2)3/h4-10,22H,1-3H3/b11-4+,22-10?. The lowest BCUT2D eigenvalue weighted by Gasteiger charge is -2.22. The first-order valence-electron chi connectivity index (χ1n) is 7.21. The molecule has 1 N–H and O–H groups in total. The lowest BCUT2D eigenvalue weighted by molar-refractivity contribution is 0.609. The topological polar surface area (TPSA) is 23.9 Å². The molecule has 0 aliphatic heterocycles. The van der Waals surface area contributed by atoms with Crippen molar-refractivity contribution in [3.05, 3.63) is 63.9 Å². The van der Waals surface area contributed by atoms with E-state index in [0.29, 0.717) is 5.02 Å². The molecule has 1 nitrogen and oxygen atoms in total. The predicted molar refractivity (Wildman–Crippen MR) is 91.4 cm³/mol. The Bertz CT molecular complexity index is 818. The summed E-state index contributed by atoms with van der Waals surface area (Å²) in [6.45, 7) is 6.06. The van der Waals surface area contributed by atoms with Gasteiger partial charge in [0.1, 0.15) is 5.82 Å². The Morgan fingerprint density at radius 2 is 1.91 bits per heavy atom. The number of halogens is 2. The molecule has 2 aromatic carbocycles. The van der Waals surface area contributed by atoms with Crippen LogP contribution in [0.2, 0.25) is 5.02 Å². The zero-order chi connectivity index (χ0) is 16.1. The summed E-state index contributed by atoms with van der Waals surface area (Å²) in [5.41, 5.74) is 5.55. The highest BCUT2D eigenvalue weighted by Gasteiger charge is 2.37. The lowest BCUT2D eigenvalue weighted by Crippen LogP contribution is -2.15. The molecule has 2 aromatic rings. The summed E-state index contributed by atoms with van der Waals surface area (Å²) in [7, 11) is 0. The van der Waals surface area contributed by atoms with Crippen LogP contribution in [0, 0.1) is 11.2 Å². The molecule has 0 amide bonds.